The van der Waals surface area contributed by atoms with E-state index in [0.29, 0.717) is 0 Å². The Balaban J connectivity index is 2.53. The van der Waals surface area contributed by atoms with Gasteiger partial charge in [-0.15, -0.1) is 11.3 Å². The first-order chi connectivity index (χ1) is 8.31. The summed E-state index contributed by atoms with van der Waals surface area (Å²) in [4.78, 5) is 16.0. The number of amides is 1. The first-order valence-electron chi connectivity index (χ1n) is 5.90. The quantitative estimate of drug-likeness (QED) is 0.883. The van der Waals surface area contributed by atoms with Gasteiger partial charge in [0.15, 0.2) is 0 Å². The van der Waals surface area contributed by atoms with Crippen molar-refractivity contribution in [1.29, 1.82) is 0 Å². The van der Waals surface area contributed by atoms with Crippen molar-refractivity contribution in [3.63, 3.8) is 0 Å². The molecule has 5 nitrogen and oxygen atoms in total. The van der Waals surface area contributed by atoms with Crippen molar-refractivity contribution in [1.82, 2.24) is 15.6 Å². The molecule has 0 bridgehead atoms. The summed E-state index contributed by atoms with van der Waals surface area (Å²) in [5.74, 6) is 0. The molecule has 0 saturated carbocycles. The number of rotatable bonds is 4. The van der Waals surface area contributed by atoms with E-state index >= 15 is 0 Å². The van der Waals surface area contributed by atoms with Gasteiger partial charge in [-0.05, 0) is 34.7 Å². The van der Waals surface area contributed by atoms with Crippen molar-refractivity contribution in [2.45, 2.75) is 45.9 Å². The third-order valence-corrected chi connectivity index (χ3v) is 3.11. The summed E-state index contributed by atoms with van der Waals surface area (Å²) in [6, 6.07) is -0.143. The van der Waals surface area contributed by atoms with E-state index in [4.69, 9.17) is 4.74 Å². The van der Waals surface area contributed by atoms with Crippen molar-refractivity contribution in [2.24, 2.45) is 0 Å². The van der Waals surface area contributed by atoms with E-state index in [0.717, 1.165) is 17.2 Å². The van der Waals surface area contributed by atoms with Crippen LogP contribution in [-0.2, 0) is 11.3 Å². The normalized spacial score (nSPS) is 13.2. The van der Waals surface area contributed by atoms with Crippen LogP contribution in [0, 0.1) is 0 Å². The second-order valence-corrected chi connectivity index (χ2v) is 5.97. The number of hydrogen-bond acceptors (Lipinski definition) is 5. The van der Waals surface area contributed by atoms with Crippen LogP contribution in [0.1, 0.15) is 44.4 Å². The van der Waals surface area contributed by atoms with Crippen LogP contribution in [0.5, 0.6) is 0 Å². The Labute approximate surface area is 112 Å². The summed E-state index contributed by atoms with van der Waals surface area (Å²) in [6.45, 7) is 8.14. The van der Waals surface area contributed by atoms with E-state index in [2.05, 4.69) is 15.6 Å². The minimum Gasteiger partial charge on any atom is -0.444 e. The molecule has 0 saturated heterocycles. The van der Waals surface area contributed by atoms with Crippen molar-refractivity contribution in [3.8, 4) is 0 Å². The van der Waals surface area contributed by atoms with Crippen LogP contribution in [0.15, 0.2) is 5.38 Å². The van der Waals surface area contributed by atoms with Gasteiger partial charge in [0, 0.05) is 11.9 Å². The van der Waals surface area contributed by atoms with Crippen molar-refractivity contribution < 1.29 is 9.53 Å². The molecule has 1 rings (SSSR count). The lowest BCUT2D eigenvalue weighted by Gasteiger charge is -2.21. The van der Waals surface area contributed by atoms with Gasteiger partial charge in [0.25, 0.3) is 0 Å². The summed E-state index contributed by atoms with van der Waals surface area (Å²) in [7, 11) is 1.88. The fourth-order valence-electron chi connectivity index (χ4n) is 1.33. The Morgan fingerprint density at radius 1 is 1.56 bits per heavy atom. The molecule has 0 aliphatic carbocycles. The van der Waals surface area contributed by atoms with Gasteiger partial charge < -0.3 is 15.4 Å². The van der Waals surface area contributed by atoms with E-state index in [9.17, 15) is 4.79 Å². The number of hydrogen-bond donors (Lipinski definition) is 2. The average Bonchev–Trinajstić information content (AvgIpc) is 2.63. The fourth-order valence-corrected chi connectivity index (χ4v) is 2.16. The number of alkyl carbamates (subject to hydrolysis) is 1. The van der Waals surface area contributed by atoms with Crippen molar-refractivity contribution >= 4 is 17.4 Å². The average molecular weight is 271 g/mol. The van der Waals surface area contributed by atoms with Crippen molar-refractivity contribution in [3.05, 3.63) is 16.1 Å². The second-order valence-electron chi connectivity index (χ2n) is 5.08. The van der Waals surface area contributed by atoms with Gasteiger partial charge >= 0.3 is 6.09 Å². The zero-order valence-corrected chi connectivity index (χ0v) is 12.4. The van der Waals surface area contributed by atoms with Gasteiger partial charge in [0.1, 0.15) is 10.6 Å². The molecule has 1 atom stereocenters. The number of carbonyl (C=O) groups is 1. The maximum Gasteiger partial charge on any atom is 0.408 e. The standard InChI is InChI=1S/C12H21N3O2S/c1-8(14-11(16)17-12(2,3)4)10-15-9(6-13-5)7-18-10/h7-8,13H,6H2,1-5H3,(H,14,16)/t8-/m0/s1. The number of ether oxygens (including phenoxy) is 1. The molecule has 102 valence electrons. The summed E-state index contributed by atoms with van der Waals surface area (Å²) in [6.07, 6.45) is -0.416. The maximum atomic E-state index is 11.6. The Bertz CT molecular complexity index is 398. The van der Waals surface area contributed by atoms with Crippen LogP contribution < -0.4 is 10.6 Å². The number of aromatic nitrogens is 1. The number of thiazole rings is 1. The molecule has 2 N–H and O–H groups in total. The first-order valence-corrected chi connectivity index (χ1v) is 6.78. The van der Waals surface area contributed by atoms with Gasteiger partial charge in [-0.1, -0.05) is 0 Å². The SMILES string of the molecule is CNCc1csc([C@H](C)NC(=O)OC(C)(C)C)n1. The second kappa shape index (κ2) is 6.15. The summed E-state index contributed by atoms with van der Waals surface area (Å²) < 4.78 is 5.20. The zero-order chi connectivity index (χ0) is 13.8. The lowest BCUT2D eigenvalue weighted by molar-refractivity contribution is 0.0508. The zero-order valence-electron chi connectivity index (χ0n) is 11.5. The molecule has 0 fully saturated rings. The van der Waals surface area contributed by atoms with E-state index in [1.165, 1.54) is 11.3 Å². The molecule has 1 aromatic rings. The molecule has 0 unspecified atom stereocenters. The summed E-state index contributed by atoms with van der Waals surface area (Å²) >= 11 is 1.54. The topological polar surface area (TPSA) is 63.2 Å². The third kappa shape index (κ3) is 5.01. The molecule has 0 aromatic carbocycles. The Hall–Kier alpha value is -1.14. The summed E-state index contributed by atoms with van der Waals surface area (Å²) in [5.41, 5.74) is 0.500. The predicted molar refractivity (Wildman–Crippen MR) is 72.7 cm³/mol. The van der Waals surface area contributed by atoms with Gasteiger partial charge in [-0.25, -0.2) is 9.78 Å². The summed E-state index contributed by atoms with van der Waals surface area (Å²) in [5, 5.41) is 8.68. The Kier molecular flexibility index (Phi) is 5.10. The highest BCUT2D eigenvalue weighted by Crippen LogP contribution is 2.18. The van der Waals surface area contributed by atoms with Gasteiger partial charge in [-0.2, -0.15) is 0 Å². The van der Waals surface area contributed by atoms with Crippen molar-refractivity contribution in [2.75, 3.05) is 7.05 Å². The fraction of sp³-hybridized carbons (Fsp3) is 0.667. The molecule has 6 heteroatoms. The van der Waals surface area contributed by atoms with Gasteiger partial charge in [0.05, 0.1) is 11.7 Å². The van der Waals surface area contributed by atoms with Crippen LogP contribution in [0.2, 0.25) is 0 Å². The highest BCUT2D eigenvalue weighted by atomic mass is 32.1. The number of carbonyl (C=O) groups excluding carboxylic acids is 1. The van der Waals surface area contributed by atoms with E-state index in [-0.39, 0.29) is 6.04 Å². The minimum absolute atomic E-state index is 0.143. The molecule has 1 aromatic heterocycles. The molecule has 0 aliphatic rings. The molecule has 0 radical (unpaired) electrons. The Morgan fingerprint density at radius 3 is 2.78 bits per heavy atom. The first kappa shape index (κ1) is 14.9. The van der Waals surface area contributed by atoms with Crippen LogP contribution in [0.25, 0.3) is 0 Å². The Morgan fingerprint density at radius 2 is 2.22 bits per heavy atom. The molecule has 1 amide bonds. The predicted octanol–water partition coefficient (Wildman–Crippen LogP) is 2.45. The molecule has 1 heterocycles. The third-order valence-electron chi connectivity index (χ3n) is 2.03. The largest absolute Gasteiger partial charge is 0.444 e. The van der Waals surface area contributed by atoms with E-state index in [1.54, 1.807) is 0 Å². The molecule has 0 spiro atoms. The maximum absolute atomic E-state index is 11.6. The van der Waals surface area contributed by atoms with Crippen LogP contribution in [0.4, 0.5) is 4.79 Å². The molecular formula is C12H21N3O2S. The lowest BCUT2D eigenvalue weighted by atomic mass is 10.2. The molecule has 18 heavy (non-hydrogen) atoms. The van der Waals surface area contributed by atoms with Crippen LogP contribution in [0.3, 0.4) is 0 Å². The molecular weight excluding hydrogens is 250 g/mol. The van der Waals surface area contributed by atoms with E-state index < -0.39 is 11.7 Å². The number of nitrogens with zero attached hydrogens (tertiary/aromatic N) is 1. The highest BCUT2D eigenvalue weighted by Gasteiger charge is 2.19. The molecule has 0 aliphatic heterocycles. The highest BCUT2D eigenvalue weighted by molar-refractivity contribution is 7.09. The lowest BCUT2D eigenvalue weighted by Crippen LogP contribution is -2.34. The van der Waals surface area contributed by atoms with Crippen LogP contribution >= 0.6 is 11.3 Å². The monoisotopic (exact) mass is 271 g/mol. The minimum atomic E-state index is -0.482. The smallest absolute Gasteiger partial charge is 0.408 e. The van der Waals surface area contributed by atoms with E-state index in [1.807, 2.05) is 40.1 Å². The van der Waals surface area contributed by atoms with Gasteiger partial charge in [-0.3, -0.25) is 0 Å². The van der Waals surface area contributed by atoms with Crippen LogP contribution in [-0.4, -0.2) is 23.7 Å². The van der Waals surface area contributed by atoms with Gasteiger partial charge in [0.2, 0.25) is 0 Å². The number of nitrogens with one attached hydrogen (secondary N) is 2.